The number of aromatic amines is 2. The number of hydrogen-bond acceptors (Lipinski definition) is 7. The summed E-state index contributed by atoms with van der Waals surface area (Å²) in [5.41, 5.74) is 4.80. The number of anilines is 2. The molecule has 5 N–H and O–H groups in total. The lowest BCUT2D eigenvalue weighted by atomic mass is 10.4. The van der Waals surface area contributed by atoms with E-state index >= 15 is 0 Å². The number of nitrogen functional groups attached to an aromatic ring is 1. The van der Waals surface area contributed by atoms with Gasteiger partial charge in [-0.15, -0.1) is 0 Å². The van der Waals surface area contributed by atoms with Crippen LogP contribution >= 0.6 is 0 Å². The van der Waals surface area contributed by atoms with Crippen molar-refractivity contribution in [3.8, 4) is 0 Å². The van der Waals surface area contributed by atoms with Crippen LogP contribution in [0.2, 0.25) is 0 Å². The van der Waals surface area contributed by atoms with Crippen LogP contribution in [0.1, 0.15) is 5.82 Å². The van der Waals surface area contributed by atoms with Crippen LogP contribution in [0.3, 0.4) is 0 Å². The number of nitrogens with two attached hydrogens (primary N) is 1. The van der Waals surface area contributed by atoms with Crippen LogP contribution in [-0.4, -0.2) is 38.4 Å². The molecule has 0 saturated heterocycles. The fourth-order valence-electron chi connectivity index (χ4n) is 1.65. The highest BCUT2D eigenvalue weighted by Gasteiger charge is 2.12. The summed E-state index contributed by atoms with van der Waals surface area (Å²) in [7, 11) is 1.51. The van der Waals surface area contributed by atoms with E-state index in [1.54, 1.807) is 0 Å². The average molecular weight is 281 g/mol. The number of H-pyrrole nitrogens is 2. The zero-order valence-electron chi connectivity index (χ0n) is 10.8. The van der Waals surface area contributed by atoms with Crippen molar-refractivity contribution in [1.82, 2.24) is 24.7 Å². The fraction of sp³-hybridized carbons (Fsp3) is 0.400. The normalized spacial score (nSPS) is 10.7. The molecular weight excluding hydrogens is 266 g/mol. The second-order valence-electron chi connectivity index (χ2n) is 3.95. The Hall–Kier alpha value is -2.62. The van der Waals surface area contributed by atoms with Crippen LogP contribution in [-0.2, 0) is 17.8 Å². The van der Waals surface area contributed by atoms with Crippen molar-refractivity contribution in [2.75, 3.05) is 24.8 Å². The molecule has 0 unspecified atom stereocenters. The smallest absolute Gasteiger partial charge is 0.330 e. The second kappa shape index (κ2) is 6.02. The Kier molecular flexibility index (Phi) is 4.15. The van der Waals surface area contributed by atoms with Crippen LogP contribution < -0.4 is 22.3 Å². The number of aromatic nitrogens is 5. The molecule has 0 bridgehead atoms. The Morgan fingerprint density at radius 2 is 2.30 bits per heavy atom. The van der Waals surface area contributed by atoms with Crippen molar-refractivity contribution < 1.29 is 4.74 Å². The summed E-state index contributed by atoms with van der Waals surface area (Å²) < 4.78 is 6.12. The predicted octanol–water partition coefficient (Wildman–Crippen LogP) is -1.50. The van der Waals surface area contributed by atoms with Gasteiger partial charge in [-0.25, -0.2) is 9.78 Å². The van der Waals surface area contributed by atoms with E-state index < -0.39 is 11.2 Å². The predicted molar refractivity (Wildman–Crippen MR) is 71.3 cm³/mol. The molecule has 2 rings (SSSR count). The highest BCUT2D eigenvalue weighted by molar-refractivity contribution is 5.60. The highest BCUT2D eigenvalue weighted by atomic mass is 16.5. The van der Waals surface area contributed by atoms with Crippen molar-refractivity contribution in [3.05, 3.63) is 33.0 Å². The van der Waals surface area contributed by atoms with E-state index in [2.05, 4.69) is 25.5 Å². The SMILES string of the molecule is COCCn1c(N)c(NCc2ncn[nH]2)c(=O)[nH]c1=O. The summed E-state index contributed by atoms with van der Waals surface area (Å²) in [5, 5.41) is 9.15. The number of nitrogens with one attached hydrogen (secondary N) is 3. The van der Waals surface area contributed by atoms with Gasteiger partial charge in [0.1, 0.15) is 23.7 Å². The summed E-state index contributed by atoms with van der Waals surface area (Å²) in [6.45, 7) is 0.780. The molecule has 0 atom stereocenters. The van der Waals surface area contributed by atoms with E-state index in [0.29, 0.717) is 12.4 Å². The van der Waals surface area contributed by atoms with Gasteiger partial charge >= 0.3 is 5.69 Å². The fourth-order valence-corrected chi connectivity index (χ4v) is 1.65. The molecule has 0 aliphatic rings. The molecule has 0 spiro atoms. The zero-order valence-corrected chi connectivity index (χ0v) is 10.8. The van der Waals surface area contributed by atoms with E-state index in [4.69, 9.17) is 10.5 Å². The maximum absolute atomic E-state index is 11.8. The minimum atomic E-state index is -0.583. The summed E-state index contributed by atoms with van der Waals surface area (Å²) in [5.74, 6) is 0.591. The first-order chi connectivity index (χ1) is 9.63. The quantitative estimate of drug-likeness (QED) is 0.504. The summed E-state index contributed by atoms with van der Waals surface area (Å²) >= 11 is 0. The van der Waals surface area contributed by atoms with Gasteiger partial charge in [-0.3, -0.25) is 19.4 Å². The standard InChI is InChI=1S/C10H15N7O3/c1-20-3-2-17-8(11)7(9(18)15-10(17)19)12-4-6-13-5-14-16-6/h5,12H,2-4,11H2,1H3,(H,13,14,16)(H,15,18,19). The van der Waals surface area contributed by atoms with E-state index in [1.165, 1.54) is 18.0 Å². The van der Waals surface area contributed by atoms with Crippen molar-refractivity contribution >= 4 is 11.5 Å². The van der Waals surface area contributed by atoms with Crippen molar-refractivity contribution in [3.63, 3.8) is 0 Å². The van der Waals surface area contributed by atoms with Crippen molar-refractivity contribution in [2.24, 2.45) is 0 Å². The third-order valence-corrected chi connectivity index (χ3v) is 2.66. The third kappa shape index (κ3) is 2.85. The molecule has 20 heavy (non-hydrogen) atoms. The molecule has 0 saturated carbocycles. The Morgan fingerprint density at radius 1 is 1.50 bits per heavy atom. The topological polar surface area (TPSA) is 144 Å². The monoisotopic (exact) mass is 281 g/mol. The van der Waals surface area contributed by atoms with Gasteiger partial charge in [0.15, 0.2) is 0 Å². The lowest BCUT2D eigenvalue weighted by Crippen LogP contribution is -2.35. The molecule has 108 valence electrons. The molecular formula is C10H15N7O3. The lowest BCUT2D eigenvalue weighted by Gasteiger charge is -2.12. The van der Waals surface area contributed by atoms with Crippen molar-refractivity contribution in [2.45, 2.75) is 13.1 Å². The van der Waals surface area contributed by atoms with Gasteiger partial charge < -0.3 is 15.8 Å². The summed E-state index contributed by atoms with van der Waals surface area (Å²) in [6.07, 6.45) is 1.35. The van der Waals surface area contributed by atoms with Gasteiger partial charge in [0.2, 0.25) is 0 Å². The van der Waals surface area contributed by atoms with Crippen LogP contribution in [0.15, 0.2) is 15.9 Å². The molecule has 0 aliphatic carbocycles. The first-order valence-electron chi connectivity index (χ1n) is 5.83. The lowest BCUT2D eigenvalue weighted by molar-refractivity contribution is 0.186. The molecule has 0 radical (unpaired) electrons. The summed E-state index contributed by atoms with van der Waals surface area (Å²) in [6, 6.07) is 0. The molecule has 0 fully saturated rings. The molecule has 10 heteroatoms. The van der Waals surface area contributed by atoms with Crippen molar-refractivity contribution in [1.29, 1.82) is 0 Å². The highest BCUT2D eigenvalue weighted by Crippen LogP contribution is 2.10. The van der Waals surface area contributed by atoms with Crippen LogP contribution in [0.4, 0.5) is 11.5 Å². The van der Waals surface area contributed by atoms with E-state index in [1.807, 2.05) is 0 Å². The molecule has 2 aromatic rings. The van der Waals surface area contributed by atoms with Crippen LogP contribution in [0.5, 0.6) is 0 Å². The van der Waals surface area contributed by atoms with Gasteiger partial charge in [0.05, 0.1) is 19.7 Å². The second-order valence-corrected chi connectivity index (χ2v) is 3.95. The molecule has 2 aromatic heterocycles. The number of rotatable bonds is 6. The minimum absolute atomic E-state index is 0.0512. The summed E-state index contributed by atoms with van der Waals surface area (Å²) in [4.78, 5) is 29.5. The number of nitrogens with zero attached hydrogens (tertiary/aromatic N) is 3. The van der Waals surface area contributed by atoms with Crippen LogP contribution in [0.25, 0.3) is 0 Å². The average Bonchev–Trinajstić information content (AvgIpc) is 2.91. The number of ether oxygens (including phenoxy) is 1. The molecule has 0 aromatic carbocycles. The number of hydrogen-bond donors (Lipinski definition) is 4. The molecule has 0 amide bonds. The molecule has 0 aliphatic heterocycles. The van der Waals surface area contributed by atoms with Gasteiger partial charge in [-0.1, -0.05) is 0 Å². The Morgan fingerprint density at radius 3 is 2.95 bits per heavy atom. The van der Waals surface area contributed by atoms with Gasteiger partial charge in [-0.05, 0) is 0 Å². The van der Waals surface area contributed by atoms with Gasteiger partial charge in [0.25, 0.3) is 5.56 Å². The molecule has 2 heterocycles. The maximum Gasteiger partial charge on any atom is 0.330 e. The first kappa shape index (κ1) is 13.8. The van der Waals surface area contributed by atoms with E-state index in [-0.39, 0.29) is 24.6 Å². The third-order valence-electron chi connectivity index (χ3n) is 2.66. The minimum Gasteiger partial charge on any atom is -0.383 e. The maximum atomic E-state index is 11.8. The van der Waals surface area contributed by atoms with Crippen LogP contribution in [0, 0.1) is 0 Å². The van der Waals surface area contributed by atoms with Gasteiger partial charge in [0, 0.05) is 7.11 Å². The largest absolute Gasteiger partial charge is 0.383 e. The zero-order chi connectivity index (χ0) is 14.5. The van der Waals surface area contributed by atoms with E-state index in [0.717, 1.165) is 0 Å². The first-order valence-corrected chi connectivity index (χ1v) is 5.83. The van der Waals surface area contributed by atoms with E-state index in [9.17, 15) is 9.59 Å². The Balaban J connectivity index is 2.27. The number of methoxy groups -OCH3 is 1. The molecule has 10 nitrogen and oxygen atoms in total. The Labute approximate surface area is 113 Å². The van der Waals surface area contributed by atoms with Gasteiger partial charge in [-0.2, -0.15) is 5.10 Å². The Bertz CT molecular complexity index is 673.